The van der Waals surface area contributed by atoms with Crippen LogP contribution < -0.4 is 0 Å². The molecule has 5 aromatic carbocycles. The van der Waals surface area contributed by atoms with Crippen LogP contribution in [0.2, 0.25) is 0 Å². The maximum absolute atomic E-state index is 10.1. The lowest BCUT2D eigenvalue weighted by Crippen LogP contribution is -2.06. The van der Waals surface area contributed by atoms with E-state index in [2.05, 4.69) is 0 Å². The molecule has 0 atom stereocenters. The molecule has 0 heterocycles. The zero-order chi connectivity index (χ0) is 25.1. The molecule has 0 fully saturated rings. The van der Waals surface area contributed by atoms with E-state index >= 15 is 0 Å². The van der Waals surface area contributed by atoms with Gasteiger partial charge in [0.25, 0.3) is 0 Å². The lowest BCUT2D eigenvalue weighted by atomic mass is 9.81. The molecule has 36 heavy (non-hydrogen) atoms. The van der Waals surface area contributed by atoms with Gasteiger partial charge in [-0.2, -0.15) is 0 Å². The molecular weight excluding hydrogens is 448 g/mol. The van der Waals surface area contributed by atoms with Crippen LogP contribution in [-0.4, -0.2) is 20.4 Å². The van der Waals surface area contributed by atoms with Crippen LogP contribution >= 0.6 is 0 Å². The maximum Gasteiger partial charge on any atom is 0.115 e. The molecule has 0 aromatic heterocycles. The van der Waals surface area contributed by atoms with E-state index in [-0.39, 0.29) is 34.8 Å². The third-order valence-corrected chi connectivity index (χ3v) is 6.42. The van der Waals surface area contributed by atoms with Crippen molar-refractivity contribution >= 4 is 0 Å². The highest BCUT2D eigenvalue weighted by molar-refractivity contribution is 5.50. The Bertz CT molecular complexity index is 1290. The van der Waals surface area contributed by atoms with Gasteiger partial charge in [0, 0.05) is 11.8 Å². The van der Waals surface area contributed by atoms with E-state index in [1.165, 1.54) is 0 Å². The minimum absolute atomic E-state index is 0.183. The van der Waals surface area contributed by atoms with Crippen LogP contribution in [0.5, 0.6) is 23.0 Å². The number of aromatic hydroxyl groups is 4. The van der Waals surface area contributed by atoms with E-state index in [0.29, 0.717) is 0 Å². The van der Waals surface area contributed by atoms with Crippen molar-refractivity contribution in [3.05, 3.63) is 155 Å². The summed E-state index contributed by atoms with van der Waals surface area (Å²) in [4.78, 5) is 0. The molecule has 0 aliphatic heterocycles. The molecule has 5 rings (SSSR count). The van der Waals surface area contributed by atoms with Crippen molar-refractivity contribution < 1.29 is 20.4 Å². The van der Waals surface area contributed by atoms with Gasteiger partial charge < -0.3 is 20.4 Å². The summed E-state index contributed by atoms with van der Waals surface area (Å²) in [5, 5.41) is 40.5. The number of phenolic OH excluding ortho intramolecular Hbond substituents is 4. The van der Waals surface area contributed by atoms with Crippen molar-refractivity contribution in [3.63, 3.8) is 0 Å². The fourth-order valence-electron chi connectivity index (χ4n) is 4.85. The van der Waals surface area contributed by atoms with Crippen LogP contribution in [0.3, 0.4) is 0 Å². The van der Waals surface area contributed by atoms with Crippen molar-refractivity contribution in [2.75, 3.05) is 0 Å². The summed E-state index contributed by atoms with van der Waals surface area (Å²) in [5.74, 6) is 0.338. The lowest BCUT2D eigenvalue weighted by molar-refractivity contribution is 0.472. The van der Waals surface area contributed by atoms with Gasteiger partial charge in [0.15, 0.2) is 0 Å². The first-order valence-corrected chi connectivity index (χ1v) is 11.7. The number of benzene rings is 5. The summed E-state index contributed by atoms with van der Waals surface area (Å²) in [6.07, 6.45) is 0. The van der Waals surface area contributed by atoms with Crippen LogP contribution in [-0.2, 0) is 0 Å². The molecule has 5 aromatic rings. The summed E-state index contributed by atoms with van der Waals surface area (Å²) in [6.45, 7) is 0. The van der Waals surface area contributed by atoms with E-state index in [1.807, 2.05) is 72.8 Å². The summed E-state index contributed by atoms with van der Waals surface area (Å²) < 4.78 is 0. The highest BCUT2D eigenvalue weighted by atomic mass is 16.3. The summed E-state index contributed by atoms with van der Waals surface area (Å²) >= 11 is 0. The van der Waals surface area contributed by atoms with Gasteiger partial charge >= 0.3 is 0 Å². The van der Waals surface area contributed by atoms with Crippen LogP contribution in [0, 0.1) is 0 Å². The van der Waals surface area contributed by atoms with E-state index in [0.717, 1.165) is 33.4 Å². The quantitative estimate of drug-likeness (QED) is 0.203. The van der Waals surface area contributed by atoms with E-state index in [1.54, 1.807) is 48.5 Å². The molecule has 0 saturated heterocycles. The van der Waals surface area contributed by atoms with Gasteiger partial charge in [0.2, 0.25) is 0 Å². The Labute approximate surface area is 210 Å². The van der Waals surface area contributed by atoms with Gasteiger partial charge in [-0.3, -0.25) is 0 Å². The SMILES string of the molecule is Oc1cccc(C(c2ccc(C(c3cccc(O)c3)c3cccc(O)c3)cc2)c2cccc(O)c2)c1. The first-order chi connectivity index (χ1) is 17.5. The fraction of sp³-hybridized carbons (Fsp3) is 0.0625. The summed E-state index contributed by atoms with van der Waals surface area (Å²) in [5.41, 5.74) is 5.63. The van der Waals surface area contributed by atoms with Gasteiger partial charge in [0.1, 0.15) is 23.0 Å². The minimum Gasteiger partial charge on any atom is -0.508 e. The average molecular weight is 475 g/mol. The van der Waals surface area contributed by atoms with Gasteiger partial charge in [-0.15, -0.1) is 0 Å². The molecule has 4 heteroatoms. The normalized spacial score (nSPS) is 11.2. The molecule has 0 saturated carbocycles. The van der Waals surface area contributed by atoms with Crippen LogP contribution in [0.1, 0.15) is 45.2 Å². The number of rotatable bonds is 6. The third-order valence-electron chi connectivity index (χ3n) is 6.42. The van der Waals surface area contributed by atoms with Crippen molar-refractivity contribution in [3.8, 4) is 23.0 Å². The zero-order valence-corrected chi connectivity index (χ0v) is 19.5. The largest absolute Gasteiger partial charge is 0.508 e. The van der Waals surface area contributed by atoms with E-state index in [9.17, 15) is 20.4 Å². The predicted octanol–water partition coefficient (Wildman–Crippen LogP) is 6.87. The summed E-state index contributed by atoms with van der Waals surface area (Å²) in [6, 6.07) is 36.8. The first kappa shape index (κ1) is 23.1. The standard InChI is InChI=1S/C32H26O4/c33-27-9-1-5-23(17-27)31(24-6-2-10-28(34)18-24)21-13-15-22(16-14-21)32(25-7-3-11-29(35)19-25)26-8-4-12-30(36)20-26/h1-20,31-36H. The lowest BCUT2D eigenvalue weighted by Gasteiger charge is -2.22. The van der Waals surface area contributed by atoms with Crippen LogP contribution in [0.25, 0.3) is 0 Å². The average Bonchev–Trinajstić information content (AvgIpc) is 2.86. The molecule has 0 bridgehead atoms. The topological polar surface area (TPSA) is 80.9 Å². The molecule has 0 amide bonds. The van der Waals surface area contributed by atoms with Crippen molar-refractivity contribution in [2.24, 2.45) is 0 Å². The summed E-state index contributed by atoms with van der Waals surface area (Å²) in [7, 11) is 0. The molecule has 178 valence electrons. The minimum atomic E-state index is -0.196. The fourth-order valence-corrected chi connectivity index (χ4v) is 4.85. The van der Waals surface area contributed by atoms with Gasteiger partial charge in [-0.25, -0.2) is 0 Å². The number of hydrogen-bond acceptors (Lipinski definition) is 4. The predicted molar refractivity (Wildman–Crippen MR) is 141 cm³/mol. The van der Waals surface area contributed by atoms with Crippen LogP contribution in [0.15, 0.2) is 121 Å². The first-order valence-electron chi connectivity index (χ1n) is 11.7. The molecule has 4 nitrogen and oxygen atoms in total. The highest BCUT2D eigenvalue weighted by Crippen LogP contribution is 2.38. The maximum atomic E-state index is 10.1. The molecule has 0 spiro atoms. The Hall–Kier alpha value is -4.70. The Morgan fingerprint density at radius 2 is 0.556 bits per heavy atom. The van der Waals surface area contributed by atoms with E-state index in [4.69, 9.17) is 0 Å². The van der Waals surface area contributed by atoms with Gasteiger partial charge in [0.05, 0.1) is 0 Å². The van der Waals surface area contributed by atoms with Crippen molar-refractivity contribution in [2.45, 2.75) is 11.8 Å². The molecule has 0 radical (unpaired) electrons. The van der Waals surface area contributed by atoms with Crippen molar-refractivity contribution in [1.29, 1.82) is 0 Å². The van der Waals surface area contributed by atoms with Crippen LogP contribution in [0.4, 0.5) is 0 Å². The second-order valence-electron chi connectivity index (χ2n) is 8.91. The number of hydrogen-bond donors (Lipinski definition) is 4. The Balaban J connectivity index is 1.61. The van der Waals surface area contributed by atoms with Gasteiger partial charge in [-0.05, 0) is 81.9 Å². The highest BCUT2D eigenvalue weighted by Gasteiger charge is 2.21. The second kappa shape index (κ2) is 9.88. The van der Waals surface area contributed by atoms with Crippen molar-refractivity contribution in [1.82, 2.24) is 0 Å². The number of phenols is 4. The Kier molecular flexibility index (Phi) is 6.33. The molecular formula is C32H26O4. The second-order valence-corrected chi connectivity index (χ2v) is 8.91. The Morgan fingerprint density at radius 3 is 0.778 bits per heavy atom. The Morgan fingerprint density at radius 1 is 0.306 bits per heavy atom. The van der Waals surface area contributed by atoms with E-state index < -0.39 is 0 Å². The molecule has 0 aliphatic rings. The molecule has 4 N–H and O–H groups in total. The molecule has 0 aliphatic carbocycles. The van der Waals surface area contributed by atoms with Gasteiger partial charge in [-0.1, -0.05) is 72.8 Å². The zero-order valence-electron chi connectivity index (χ0n) is 19.5. The monoisotopic (exact) mass is 474 g/mol. The molecule has 0 unspecified atom stereocenters. The third kappa shape index (κ3) is 4.89. The smallest absolute Gasteiger partial charge is 0.115 e.